The van der Waals surface area contributed by atoms with E-state index < -0.39 is 0 Å². The molecule has 0 saturated carbocycles. The molecule has 0 aromatic heterocycles. The molecule has 0 unspecified atom stereocenters. The summed E-state index contributed by atoms with van der Waals surface area (Å²) in [6.45, 7) is 11.1. The number of hydrogen-bond acceptors (Lipinski definition) is 2. The van der Waals surface area contributed by atoms with E-state index in [0.717, 1.165) is 30.7 Å². The molecule has 0 bridgehead atoms. The second-order valence-corrected chi connectivity index (χ2v) is 6.70. The molecule has 0 atom stereocenters. The summed E-state index contributed by atoms with van der Waals surface area (Å²) in [5, 5.41) is 3.53. The van der Waals surface area contributed by atoms with Gasteiger partial charge < -0.3 is 10.2 Å². The maximum Gasteiger partial charge on any atom is 0.0230 e. The molecule has 0 amide bonds. The van der Waals surface area contributed by atoms with E-state index in [1.54, 1.807) is 0 Å². The average molecular weight is 341 g/mol. The maximum absolute atomic E-state index is 3.53. The summed E-state index contributed by atoms with van der Waals surface area (Å²) in [5.41, 5.74) is 1.76. The summed E-state index contributed by atoms with van der Waals surface area (Å²) in [6, 6.07) is 8.64. The number of benzene rings is 1. The fourth-order valence-electron chi connectivity index (χ4n) is 2.70. The van der Waals surface area contributed by atoms with Gasteiger partial charge in [-0.15, -0.1) is 0 Å². The molecule has 1 rings (SSSR count). The van der Waals surface area contributed by atoms with E-state index in [-0.39, 0.29) is 0 Å². The average Bonchev–Trinajstić information content (AvgIpc) is 2.46. The highest BCUT2D eigenvalue weighted by molar-refractivity contribution is 9.10. The van der Waals surface area contributed by atoms with Crippen molar-refractivity contribution in [1.29, 1.82) is 0 Å². The topological polar surface area (TPSA) is 15.3 Å². The van der Waals surface area contributed by atoms with E-state index in [0.29, 0.717) is 5.41 Å². The third-order valence-corrected chi connectivity index (χ3v) is 4.75. The zero-order chi connectivity index (χ0) is 15.0. The van der Waals surface area contributed by atoms with Crippen LogP contribution in [-0.4, -0.2) is 31.6 Å². The van der Waals surface area contributed by atoms with Crippen LogP contribution in [-0.2, 0) is 6.54 Å². The second-order valence-electron chi connectivity index (χ2n) is 5.79. The van der Waals surface area contributed by atoms with E-state index in [9.17, 15) is 0 Å². The van der Waals surface area contributed by atoms with Crippen molar-refractivity contribution in [2.24, 2.45) is 5.41 Å². The molecule has 3 heteroatoms. The predicted octanol–water partition coefficient (Wildman–Crippen LogP) is 4.30. The van der Waals surface area contributed by atoms with Crippen molar-refractivity contribution in [1.82, 2.24) is 10.2 Å². The fraction of sp³-hybridized carbons (Fsp3) is 0.647. The molecule has 114 valence electrons. The summed E-state index contributed by atoms with van der Waals surface area (Å²) in [7, 11) is 2.23. The van der Waals surface area contributed by atoms with Crippen molar-refractivity contribution in [2.75, 3.05) is 26.7 Å². The van der Waals surface area contributed by atoms with Gasteiger partial charge in [0.05, 0.1) is 0 Å². The Morgan fingerprint density at radius 1 is 1.10 bits per heavy atom. The van der Waals surface area contributed by atoms with E-state index in [4.69, 9.17) is 0 Å². The highest BCUT2D eigenvalue weighted by Crippen LogP contribution is 2.27. The Kier molecular flexibility index (Phi) is 7.78. The van der Waals surface area contributed by atoms with Gasteiger partial charge in [0.2, 0.25) is 0 Å². The summed E-state index contributed by atoms with van der Waals surface area (Å²) < 4.78 is 1.15. The molecule has 0 aliphatic rings. The number of rotatable bonds is 9. The molecule has 0 aliphatic carbocycles. The van der Waals surface area contributed by atoms with Gasteiger partial charge >= 0.3 is 0 Å². The van der Waals surface area contributed by atoms with Crippen molar-refractivity contribution in [3.05, 3.63) is 34.3 Å². The van der Waals surface area contributed by atoms with Gasteiger partial charge in [0.25, 0.3) is 0 Å². The van der Waals surface area contributed by atoms with Gasteiger partial charge in [-0.25, -0.2) is 0 Å². The molecule has 0 radical (unpaired) electrons. The summed E-state index contributed by atoms with van der Waals surface area (Å²) in [6.07, 6.45) is 2.45. The first-order valence-electron chi connectivity index (χ1n) is 7.69. The first-order valence-corrected chi connectivity index (χ1v) is 8.48. The van der Waals surface area contributed by atoms with Crippen molar-refractivity contribution in [3.8, 4) is 0 Å². The van der Waals surface area contributed by atoms with Gasteiger partial charge in [0.15, 0.2) is 0 Å². The van der Waals surface area contributed by atoms with Crippen LogP contribution in [0.1, 0.15) is 39.2 Å². The molecule has 0 spiro atoms. The molecule has 0 heterocycles. The lowest BCUT2D eigenvalue weighted by Gasteiger charge is -2.36. The molecule has 1 aromatic carbocycles. The Morgan fingerprint density at radius 2 is 1.70 bits per heavy atom. The molecule has 1 aromatic rings. The van der Waals surface area contributed by atoms with Crippen LogP contribution in [0.2, 0.25) is 0 Å². The van der Waals surface area contributed by atoms with Crippen molar-refractivity contribution >= 4 is 15.9 Å². The van der Waals surface area contributed by atoms with E-state index in [1.165, 1.54) is 18.4 Å². The van der Waals surface area contributed by atoms with Gasteiger partial charge in [0.1, 0.15) is 0 Å². The summed E-state index contributed by atoms with van der Waals surface area (Å²) in [5.74, 6) is 0. The number of nitrogens with zero attached hydrogens (tertiary/aromatic N) is 1. The number of nitrogens with one attached hydrogen (secondary N) is 1. The van der Waals surface area contributed by atoms with Crippen LogP contribution in [0.3, 0.4) is 0 Å². The molecular formula is C17H29BrN2. The Hall–Kier alpha value is -0.380. The minimum Gasteiger partial charge on any atom is -0.316 e. The summed E-state index contributed by atoms with van der Waals surface area (Å²) in [4.78, 5) is 2.45. The quantitative estimate of drug-likeness (QED) is 0.721. The van der Waals surface area contributed by atoms with Crippen LogP contribution >= 0.6 is 15.9 Å². The van der Waals surface area contributed by atoms with Gasteiger partial charge in [-0.1, -0.05) is 48.8 Å². The fourth-order valence-corrected chi connectivity index (χ4v) is 2.96. The third-order valence-electron chi connectivity index (χ3n) is 4.22. The van der Waals surface area contributed by atoms with Crippen molar-refractivity contribution < 1.29 is 0 Å². The SMILES string of the molecule is CCNCC(CC)(CC)CN(C)Cc1ccc(Br)cc1. The standard InChI is InChI=1S/C17H29BrN2/c1-5-17(6-2,13-19-7-3)14-20(4)12-15-8-10-16(18)11-9-15/h8-11,19H,5-7,12-14H2,1-4H3. The van der Waals surface area contributed by atoms with Crippen molar-refractivity contribution in [2.45, 2.75) is 40.2 Å². The highest BCUT2D eigenvalue weighted by atomic mass is 79.9. The van der Waals surface area contributed by atoms with Gasteiger partial charge in [-0.2, -0.15) is 0 Å². The molecule has 0 saturated heterocycles. The largest absolute Gasteiger partial charge is 0.316 e. The van der Waals surface area contributed by atoms with Gasteiger partial charge in [-0.05, 0) is 49.5 Å². The highest BCUT2D eigenvalue weighted by Gasteiger charge is 2.27. The predicted molar refractivity (Wildman–Crippen MR) is 92.0 cm³/mol. The van der Waals surface area contributed by atoms with Crippen LogP contribution in [0.15, 0.2) is 28.7 Å². The van der Waals surface area contributed by atoms with E-state index >= 15 is 0 Å². The normalized spacial score (nSPS) is 12.1. The maximum atomic E-state index is 3.53. The lowest BCUT2D eigenvalue weighted by Crippen LogP contribution is -2.42. The number of halogens is 1. The van der Waals surface area contributed by atoms with E-state index in [2.05, 4.69) is 78.2 Å². The van der Waals surface area contributed by atoms with Crippen LogP contribution < -0.4 is 5.32 Å². The van der Waals surface area contributed by atoms with Crippen LogP contribution in [0.25, 0.3) is 0 Å². The molecule has 0 aliphatic heterocycles. The zero-order valence-corrected chi connectivity index (χ0v) is 15.0. The summed E-state index contributed by atoms with van der Waals surface area (Å²) >= 11 is 3.49. The second kappa shape index (κ2) is 8.81. The Balaban J connectivity index is 2.61. The molecule has 0 fully saturated rings. The molecule has 20 heavy (non-hydrogen) atoms. The molecule has 1 N–H and O–H groups in total. The molecule has 2 nitrogen and oxygen atoms in total. The minimum atomic E-state index is 0.389. The minimum absolute atomic E-state index is 0.389. The smallest absolute Gasteiger partial charge is 0.0230 e. The van der Waals surface area contributed by atoms with Crippen LogP contribution in [0, 0.1) is 5.41 Å². The first-order chi connectivity index (χ1) is 9.55. The number of hydrogen-bond donors (Lipinski definition) is 1. The zero-order valence-electron chi connectivity index (χ0n) is 13.4. The van der Waals surface area contributed by atoms with Crippen LogP contribution in [0.5, 0.6) is 0 Å². The Labute approximate surface area is 133 Å². The lowest BCUT2D eigenvalue weighted by molar-refractivity contribution is 0.151. The first kappa shape index (κ1) is 17.7. The van der Waals surface area contributed by atoms with Crippen molar-refractivity contribution in [3.63, 3.8) is 0 Å². The Morgan fingerprint density at radius 3 is 2.20 bits per heavy atom. The van der Waals surface area contributed by atoms with E-state index in [1.807, 2.05) is 0 Å². The van der Waals surface area contributed by atoms with Gasteiger partial charge in [-0.3, -0.25) is 0 Å². The monoisotopic (exact) mass is 340 g/mol. The Bertz CT molecular complexity index is 371. The third kappa shape index (κ3) is 5.55. The van der Waals surface area contributed by atoms with Crippen LogP contribution in [0.4, 0.5) is 0 Å². The van der Waals surface area contributed by atoms with Gasteiger partial charge in [0, 0.05) is 24.1 Å². The lowest BCUT2D eigenvalue weighted by atomic mass is 9.81. The molecular weight excluding hydrogens is 312 g/mol.